The van der Waals surface area contributed by atoms with Crippen LogP contribution in [0.1, 0.15) is 194 Å². The van der Waals surface area contributed by atoms with Crippen molar-refractivity contribution in [2.45, 2.75) is 175 Å². The van der Waals surface area contributed by atoms with Crippen LogP contribution in [-0.2, 0) is 0 Å². The molecule has 7 aromatic carbocycles. The second-order valence-corrected chi connectivity index (χ2v) is 10.9. The molecule has 0 aromatic heterocycles. The molecule has 0 atom stereocenters. The SMILES string of the molecule is C.C.C.C.CC.CC.CC.CC.CC.CC.CC.CC.CC.CC(=O)c1ccccc1.CC(=O)c1ccccc1.COc1ccccc1.COc1ccccc1.Cc1ccccc1.c1ccc2ccccc2c1. The Morgan fingerprint density at radius 3 is 0.562 bits per heavy atom. The van der Waals surface area contributed by atoms with Gasteiger partial charge in [0.15, 0.2) is 11.6 Å². The maximum Gasteiger partial charge on any atom is 0.159 e. The van der Waals surface area contributed by atoms with Gasteiger partial charge >= 0.3 is 0 Å². The lowest BCUT2D eigenvalue weighted by Gasteiger charge is -1.93. The molecular weight excluding hydrogens is 893 g/mol. The molecular formula is C69H118O4. The number of rotatable bonds is 4. The maximum atomic E-state index is 10.6. The number of carbonyl (C=O) groups excluding carboxylic acids is 2. The predicted octanol–water partition coefficient (Wildman–Crippen LogP) is 23.8. The summed E-state index contributed by atoms with van der Waals surface area (Å²) in [5, 5.41) is 2.62. The van der Waals surface area contributed by atoms with Gasteiger partial charge in [-0.25, -0.2) is 0 Å². The zero-order valence-electron chi connectivity index (χ0n) is 48.2. The summed E-state index contributed by atoms with van der Waals surface area (Å²) in [6.45, 7) is 41.2. The number of carbonyl (C=O) groups is 2. The number of Topliss-reactive ketones (excluding diaryl/α,β-unsaturated/α-hetero) is 2. The first kappa shape index (κ1) is 96.3. The molecule has 0 radical (unpaired) electrons. The Morgan fingerprint density at radius 2 is 0.438 bits per heavy atom. The molecule has 73 heavy (non-hydrogen) atoms. The summed E-state index contributed by atoms with van der Waals surface area (Å²) in [4.78, 5) is 21.3. The van der Waals surface area contributed by atoms with Gasteiger partial charge in [0.25, 0.3) is 0 Å². The quantitative estimate of drug-likeness (QED) is 0.165. The molecule has 7 rings (SSSR count). The van der Waals surface area contributed by atoms with Crippen molar-refractivity contribution in [2.24, 2.45) is 0 Å². The van der Waals surface area contributed by atoms with Crippen molar-refractivity contribution in [2.75, 3.05) is 14.2 Å². The molecule has 0 aliphatic heterocycles. The normalized spacial score (nSPS) is 7.05. The van der Waals surface area contributed by atoms with E-state index in [-0.39, 0.29) is 41.3 Å². The molecule has 418 valence electrons. The van der Waals surface area contributed by atoms with E-state index in [1.54, 1.807) is 28.1 Å². The lowest BCUT2D eigenvalue weighted by Crippen LogP contribution is -1.88. The fourth-order valence-corrected chi connectivity index (χ4v) is 4.13. The average Bonchev–Trinajstić information content (AvgIpc) is 3.47. The molecule has 0 saturated heterocycles. The van der Waals surface area contributed by atoms with Crippen LogP contribution in [0.2, 0.25) is 0 Å². The Balaban J connectivity index is -0.0000000570. The van der Waals surface area contributed by atoms with Crippen LogP contribution < -0.4 is 9.47 Å². The topological polar surface area (TPSA) is 52.6 Å². The zero-order chi connectivity index (χ0) is 54.9. The van der Waals surface area contributed by atoms with Gasteiger partial charge in [0.1, 0.15) is 11.5 Å². The van der Waals surface area contributed by atoms with Crippen LogP contribution >= 0.6 is 0 Å². The molecule has 0 bridgehead atoms. The van der Waals surface area contributed by atoms with Gasteiger partial charge in [-0.2, -0.15) is 0 Å². The maximum absolute atomic E-state index is 10.6. The summed E-state index contributed by atoms with van der Waals surface area (Å²) in [5.74, 6) is 2.06. The minimum Gasteiger partial charge on any atom is -0.497 e. The Bertz CT molecular complexity index is 1740. The predicted molar refractivity (Wildman–Crippen MR) is 343 cm³/mol. The van der Waals surface area contributed by atoms with Gasteiger partial charge in [-0.15, -0.1) is 0 Å². The van der Waals surface area contributed by atoms with Gasteiger partial charge in [0.05, 0.1) is 14.2 Å². The van der Waals surface area contributed by atoms with E-state index in [9.17, 15) is 9.59 Å². The van der Waals surface area contributed by atoms with E-state index in [0.29, 0.717) is 0 Å². The third-order valence-corrected chi connectivity index (χ3v) is 6.92. The van der Waals surface area contributed by atoms with E-state index in [1.165, 1.54) is 16.3 Å². The van der Waals surface area contributed by atoms with E-state index in [0.717, 1.165) is 22.6 Å². The van der Waals surface area contributed by atoms with Crippen LogP contribution in [-0.4, -0.2) is 25.8 Å². The van der Waals surface area contributed by atoms with Crippen LogP contribution in [0.5, 0.6) is 11.5 Å². The number of hydrogen-bond donors (Lipinski definition) is 0. The minimum atomic E-state index is 0. The van der Waals surface area contributed by atoms with E-state index < -0.39 is 0 Å². The van der Waals surface area contributed by atoms with Crippen molar-refractivity contribution in [1.29, 1.82) is 0 Å². The first-order valence-corrected chi connectivity index (χ1v) is 25.6. The molecule has 0 unspecified atom stereocenters. The van der Waals surface area contributed by atoms with E-state index in [1.807, 2.05) is 264 Å². The monoisotopic (exact) mass is 1010 g/mol. The summed E-state index contributed by atoms with van der Waals surface area (Å²) >= 11 is 0. The molecule has 4 heteroatoms. The Hall–Kier alpha value is -6.26. The number of benzene rings is 7. The number of ether oxygens (including phenoxy) is 2. The van der Waals surface area contributed by atoms with Gasteiger partial charge in [0.2, 0.25) is 0 Å². The summed E-state index contributed by atoms with van der Waals surface area (Å²) in [6.07, 6.45) is 0. The highest BCUT2D eigenvalue weighted by Crippen LogP contribution is 2.11. The summed E-state index contributed by atoms with van der Waals surface area (Å²) in [5.41, 5.74) is 2.87. The molecule has 0 saturated carbocycles. The zero-order valence-corrected chi connectivity index (χ0v) is 48.2. The molecule has 0 N–H and O–H groups in total. The van der Waals surface area contributed by atoms with E-state index >= 15 is 0 Å². The van der Waals surface area contributed by atoms with Crippen LogP contribution in [0.3, 0.4) is 0 Å². The van der Waals surface area contributed by atoms with Crippen molar-refractivity contribution in [3.63, 3.8) is 0 Å². The van der Waals surface area contributed by atoms with Crippen LogP contribution in [0, 0.1) is 6.92 Å². The minimum absolute atomic E-state index is 0. The third kappa shape index (κ3) is 65.7. The number of fused-ring (bicyclic) bond motifs is 1. The largest absolute Gasteiger partial charge is 0.497 e. The Labute approximate surface area is 457 Å². The highest BCUT2D eigenvalue weighted by molar-refractivity contribution is 5.94. The third-order valence-electron chi connectivity index (χ3n) is 6.92. The molecule has 7 aromatic rings. The summed E-state index contributed by atoms with van der Waals surface area (Å²) < 4.78 is 9.83. The number of aryl methyl sites for hydroxylation is 1. The first-order chi connectivity index (χ1) is 33.8. The van der Waals surface area contributed by atoms with Gasteiger partial charge in [-0.3, -0.25) is 9.59 Å². The van der Waals surface area contributed by atoms with Crippen LogP contribution in [0.4, 0.5) is 0 Å². The average molecular weight is 1010 g/mol. The Morgan fingerprint density at radius 1 is 0.274 bits per heavy atom. The molecule has 0 aliphatic rings. The molecule has 0 aliphatic carbocycles. The second-order valence-electron chi connectivity index (χ2n) is 10.9. The van der Waals surface area contributed by atoms with Gasteiger partial charge in [0, 0.05) is 11.1 Å². The molecule has 4 nitrogen and oxygen atoms in total. The fourth-order valence-electron chi connectivity index (χ4n) is 4.13. The van der Waals surface area contributed by atoms with Crippen molar-refractivity contribution in [3.8, 4) is 11.5 Å². The lowest BCUT2D eigenvalue weighted by atomic mass is 10.1. The molecule has 0 spiro atoms. The fraction of sp³-hybridized carbons (Fsp3) is 0.391. The molecule has 0 fully saturated rings. The second kappa shape index (κ2) is 88.7. The van der Waals surface area contributed by atoms with Crippen LogP contribution in [0.25, 0.3) is 10.8 Å². The number of hydrogen-bond acceptors (Lipinski definition) is 4. The van der Waals surface area contributed by atoms with Crippen molar-refractivity contribution >= 4 is 22.3 Å². The Kier molecular flexibility index (Phi) is 117. The number of methoxy groups -OCH3 is 2. The van der Waals surface area contributed by atoms with Crippen molar-refractivity contribution in [3.05, 3.63) is 217 Å². The standard InChI is InChI=1S/C10H8.2C8H8O.2C7H8O.C7H8.9C2H6.4CH4/c1-2-6-10-8-4-3-7-9(10)5-1;2*1-7(9)8-5-3-2-4-6-8;2*1-8-7-5-3-2-4-6-7;1-7-5-3-2-4-6-7;9*1-2;;;;/h1-8H;2*2-6H,1H3;2*2-6H,1H3;2-6H,1H3;9*1-2H3;4*1H4. The molecule has 0 amide bonds. The van der Waals surface area contributed by atoms with Crippen molar-refractivity contribution < 1.29 is 19.1 Å². The molecule has 0 heterocycles. The van der Waals surface area contributed by atoms with Crippen LogP contribution in [0.15, 0.2) is 200 Å². The van der Waals surface area contributed by atoms with E-state index in [2.05, 4.69) is 67.6 Å². The lowest BCUT2D eigenvalue weighted by molar-refractivity contribution is 0.100. The number of para-hydroxylation sites is 2. The first-order valence-electron chi connectivity index (χ1n) is 25.6. The summed E-state index contributed by atoms with van der Waals surface area (Å²) in [6, 6.07) is 64.8. The van der Waals surface area contributed by atoms with Crippen molar-refractivity contribution in [1.82, 2.24) is 0 Å². The van der Waals surface area contributed by atoms with Gasteiger partial charge in [-0.1, -0.05) is 336 Å². The van der Waals surface area contributed by atoms with E-state index in [4.69, 9.17) is 9.47 Å². The highest BCUT2D eigenvalue weighted by atomic mass is 16.5. The highest BCUT2D eigenvalue weighted by Gasteiger charge is 1.93. The van der Waals surface area contributed by atoms with Gasteiger partial charge in [-0.05, 0) is 55.8 Å². The van der Waals surface area contributed by atoms with Gasteiger partial charge < -0.3 is 9.47 Å². The number of ketones is 2. The smallest absolute Gasteiger partial charge is 0.159 e. The summed E-state index contributed by atoms with van der Waals surface area (Å²) in [7, 11) is 3.32.